The number of hydrogen-bond acceptors (Lipinski definition) is 5. The number of benzene rings is 2. The molecule has 2 aromatic carbocycles. The van der Waals surface area contributed by atoms with Gasteiger partial charge in [0.1, 0.15) is 0 Å². The van der Waals surface area contributed by atoms with Crippen LogP contribution in [0.2, 0.25) is 0 Å². The number of carbonyl (C=O) groups excluding carboxylic acids is 1. The highest BCUT2D eigenvalue weighted by Crippen LogP contribution is 2.37. The van der Waals surface area contributed by atoms with E-state index in [9.17, 15) is 13.2 Å². The molecular formula is C26H29N3O3S2. The predicted octanol–water partition coefficient (Wildman–Crippen LogP) is 3.62. The number of fused-ring (bicyclic) bond motifs is 1. The van der Waals surface area contributed by atoms with Crippen molar-refractivity contribution in [3.63, 3.8) is 0 Å². The monoisotopic (exact) mass is 495 g/mol. The SMILES string of the molecule is C[C@H]1CN(C(=O)CN2CCc3sccc3[C@H]2c2ccccc2)CCN1S(=O)(=O)c1ccccc1. The standard InChI is InChI=1S/C26H29N3O3S2/c1-20-18-27(15-16-29(20)34(31,32)22-10-6-3-7-11-22)25(30)19-28-14-12-24-23(13-17-33-24)26(28)21-8-4-2-5-9-21/h2-11,13,17,20,26H,12,14-16,18-19H2,1H3/t20-,26+/m0/s1. The number of sulfonamides is 1. The van der Waals surface area contributed by atoms with E-state index in [0.717, 1.165) is 13.0 Å². The summed E-state index contributed by atoms with van der Waals surface area (Å²) in [5, 5.41) is 2.14. The van der Waals surface area contributed by atoms with Crippen LogP contribution in [0, 0.1) is 0 Å². The molecular weight excluding hydrogens is 466 g/mol. The third-order valence-corrected chi connectivity index (χ3v) is 9.81. The quantitative estimate of drug-likeness (QED) is 0.543. The maximum absolute atomic E-state index is 13.4. The first kappa shape index (κ1) is 23.2. The van der Waals surface area contributed by atoms with E-state index in [1.807, 2.05) is 30.0 Å². The average Bonchev–Trinajstić information content (AvgIpc) is 3.33. The number of carbonyl (C=O) groups is 1. The van der Waals surface area contributed by atoms with Crippen molar-refractivity contribution in [2.75, 3.05) is 32.7 Å². The second-order valence-corrected chi connectivity index (χ2v) is 11.8. The minimum absolute atomic E-state index is 0.0585. The molecule has 1 fully saturated rings. The first-order valence-electron chi connectivity index (χ1n) is 11.6. The van der Waals surface area contributed by atoms with Crippen LogP contribution in [0.4, 0.5) is 0 Å². The van der Waals surface area contributed by atoms with E-state index in [1.54, 1.807) is 41.7 Å². The summed E-state index contributed by atoms with van der Waals surface area (Å²) in [6, 6.07) is 20.9. The molecule has 1 saturated heterocycles. The second-order valence-electron chi connectivity index (χ2n) is 8.95. The van der Waals surface area contributed by atoms with Crippen molar-refractivity contribution in [3.05, 3.63) is 88.1 Å². The first-order valence-corrected chi connectivity index (χ1v) is 14.0. The molecule has 2 aliphatic heterocycles. The number of rotatable bonds is 5. The van der Waals surface area contributed by atoms with Gasteiger partial charge in [-0.2, -0.15) is 4.31 Å². The molecule has 8 heteroatoms. The lowest BCUT2D eigenvalue weighted by molar-refractivity contribution is -0.135. The molecule has 0 aliphatic carbocycles. The van der Waals surface area contributed by atoms with Crippen molar-refractivity contribution in [2.45, 2.75) is 30.3 Å². The highest BCUT2D eigenvalue weighted by Gasteiger charge is 2.37. The summed E-state index contributed by atoms with van der Waals surface area (Å²) in [7, 11) is -3.57. The lowest BCUT2D eigenvalue weighted by atomic mass is 9.93. The molecule has 2 aliphatic rings. The fourth-order valence-electron chi connectivity index (χ4n) is 5.09. The van der Waals surface area contributed by atoms with Gasteiger partial charge in [0.05, 0.1) is 17.5 Å². The van der Waals surface area contributed by atoms with Crippen molar-refractivity contribution >= 4 is 27.3 Å². The van der Waals surface area contributed by atoms with Gasteiger partial charge >= 0.3 is 0 Å². The summed E-state index contributed by atoms with van der Waals surface area (Å²) in [6.07, 6.45) is 0.948. The van der Waals surface area contributed by atoms with Crippen LogP contribution in [0.1, 0.15) is 29.0 Å². The van der Waals surface area contributed by atoms with Gasteiger partial charge in [0.2, 0.25) is 15.9 Å². The van der Waals surface area contributed by atoms with Gasteiger partial charge in [-0.1, -0.05) is 48.5 Å². The van der Waals surface area contributed by atoms with E-state index in [2.05, 4.69) is 28.5 Å². The summed E-state index contributed by atoms with van der Waals surface area (Å²) >= 11 is 1.79. The smallest absolute Gasteiger partial charge is 0.243 e. The number of hydrogen-bond donors (Lipinski definition) is 0. The van der Waals surface area contributed by atoms with Crippen LogP contribution in [-0.4, -0.2) is 67.2 Å². The fourth-order valence-corrected chi connectivity index (χ4v) is 7.63. The lowest BCUT2D eigenvalue weighted by Crippen LogP contribution is -2.57. The van der Waals surface area contributed by atoms with Gasteiger partial charge in [-0.25, -0.2) is 8.42 Å². The number of nitrogens with zero attached hydrogens (tertiary/aromatic N) is 3. The second kappa shape index (κ2) is 9.62. The van der Waals surface area contributed by atoms with Crippen LogP contribution >= 0.6 is 11.3 Å². The molecule has 34 heavy (non-hydrogen) atoms. The Labute approximate surface area is 205 Å². The van der Waals surface area contributed by atoms with Gasteiger partial charge in [-0.15, -0.1) is 11.3 Å². The van der Waals surface area contributed by atoms with Crippen molar-refractivity contribution in [2.24, 2.45) is 0 Å². The zero-order valence-corrected chi connectivity index (χ0v) is 20.8. The molecule has 6 nitrogen and oxygen atoms in total. The van der Waals surface area contributed by atoms with Crippen LogP contribution in [0.15, 0.2) is 77.0 Å². The van der Waals surface area contributed by atoms with Crippen molar-refractivity contribution in [1.29, 1.82) is 0 Å². The number of amides is 1. The molecule has 1 amide bonds. The fraction of sp³-hybridized carbons (Fsp3) is 0.346. The van der Waals surface area contributed by atoms with Crippen molar-refractivity contribution in [3.8, 4) is 0 Å². The molecule has 3 heterocycles. The molecule has 2 atom stereocenters. The summed E-state index contributed by atoms with van der Waals surface area (Å²) < 4.78 is 27.7. The topological polar surface area (TPSA) is 60.9 Å². The zero-order valence-electron chi connectivity index (χ0n) is 19.2. The molecule has 0 N–H and O–H groups in total. The van der Waals surface area contributed by atoms with E-state index < -0.39 is 10.0 Å². The van der Waals surface area contributed by atoms with Crippen LogP contribution < -0.4 is 0 Å². The van der Waals surface area contributed by atoms with Crippen LogP contribution in [0.5, 0.6) is 0 Å². The van der Waals surface area contributed by atoms with Gasteiger partial charge in [0.25, 0.3) is 0 Å². The van der Waals surface area contributed by atoms with Gasteiger partial charge in [0, 0.05) is 37.1 Å². The average molecular weight is 496 g/mol. The summed E-state index contributed by atoms with van der Waals surface area (Å²) in [5.41, 5.74) is 2.49. The number of thiophene rings is 1. The Hall–Kier alpha value is -2.52. The first-order chi connectivity index (χ1) is 16.4. The Kier molecular flexibility index (Phi) is 6.57. The number of piperazine rings is 1. The van der Waals surface area contributed by atoms with E-state index in [4.69, 9.17) is 0 Å². The Morgan fingerprint density at radius 2 is 1.68 bits per heavy atom. The lowest BCUT2D eigenvalue weighted by Gasteiger charge is -2.41. The third-order valence-electron chi connectivity index (χ3n) is 6.79. The minimum Gasteiger partial charge on any atom is -0.339 e. The summed E-state index contributed by atoms with van der Waals surface area (Å²) in [5.74, 6) is 0.0585. The van der Waals surface area contributed by atoms with E-state index in [-0.39, 0.29) is 18.0 Å². The van der Waals surface area contributed by atoms with Gasteiger partial charge < -0.3 is 4.90 Å². The molecule has 0 saturated carbocycles. The molecule has 0 spiro atoms. The Balaban J connectivity index is 1.30. The van der Waals surface area contributed by atoms with Crippen LogP contribution in [-0.2, 0) is 21.2 Å². The molecule has 178 valence electrons. The molecule has 3 aromatic rings. The predicted molar refractivity (Wildman–Crippen MR) is 134 cm³/mol. The summed E-state index contributed by atoms with van der Waals surface area (Å²) in [6.45, 7) is 4.15. The van der Waals surface area contributed by atoms with Gasteiger partial charge in [-0.3, -0.25) is 9.69 Å². The highest BCUT2D eigenvalue weighted by molar-refractivity contribution is 7.89. The van der Waals surface area contributed by atoms with E-state index >= 15 is 0 Å². The minimum atomic E-state index is -3.57. The largest absolute Gasteiger partial charge is 0.339 e. The van der Waals surface area contributed by atoms with Crippen LogP contribution in [0.3, 0.4) is 0 Å². The van der Waals surface area contributed by atoms with Gasteiger partial charge in [-0.05, 0) is 48.1 Å². The molecule has 0 radical (unpaired) electrons. The third kappa shape index (κ3) is 4.43. The molecule has 5 rings (SSSR count). The molecule has 0 bridgehead atoms. The Bertz CT molecular complexity index is 1240. The normalized spacial score (nSPS) is 21.9. The Morgan fingerprint density at radius 3 is 2.38 bits per heavy atom. The van der Waals surface area contributed by atoms with Crippen molar-refractivity contribution < 1.29 is 13.2 Å². The maximum Gasteiger partial charge on any atom is 0.243 e. The highest BCUT2D eigenvalue weighted by atomic mass is 32.2. The van der Waals surface area contributed by atoms with Crippen LogP contribution in [0.25, 0.3) is 0 Å². The zero-order chi connectivity index (χ0) is 23.7. The molecule has 1 aromatic heterocycles. The van der Waals surface area contributed by atoms with E-state index in [1.165, 1.54) is 20.3 Å². The summed E-state index contributed by atoms with van der Waals surface area (Å²) in [4.78, 5) is 19.2. The maximum atomic E-state index is 13.4. The van der Waals surface area contributed by atoms with Gasteiger partial charge in [0.15, 0.2) is 0 Å². The van der Waals surface area contributed by atoms with Crippen molar-refractivity contribution in [1.82, 2.24) is 14.1 Å². The molecule has 0 unspecified atom stereocenters. The van der Waals surface area contributed by atoms with E-state index in [0.29, 0.717) is 31.1 Å². The Morgan fingerprint density at radius 1 is 0.971 bits per heavy atom.